The van der Waals surface area contributed by atoms with E-state index in [0.29, 0.717) is 5.91 Å². The Morgan fingerprint density at radius 2 is 1.68 bits per heavy atom. The van der Waals surface area contributed by atoms with Crippen LogP contribution in [0.3, 0.4) is 0 Å². The minimum atomic E-state index is 0.0510. The van der Waals surface area contributed by atoms with Crippen LogP contribution in [0.2, 0.25) is 5.02 Å². The third-order valence-electron chi connectivity index (χ3n) is 8.72. The summed E-state index contributed by atoms with van der Waals surface area (Å²) in [7, 11) is 0. The van der Waals surface area contributed by atoms with Gasteiger partial charge in [0.2, 0.25) is 5.91 Å². The van der Waals surface area contributed by atoms with Gasteiger partial charge >= 0.3 is 0 Å². The first-order valence-electron chi connectivity index (χ1n) is 14.5. The number of hydrogen-bond acceptors (Lipinski definition) is 4. The van der Waals surface area contributed by atoms with Crippen LogP contribution in [0.4, 0.5) is 5.69 Å². The Hall–Kier alpha value is -3.35. The number of para-hydroxylation sites is 2. The molecule has 208 valence electrons. The zero-order chi connectivity index (χ0) is 27.6. The molecule has 6 nitrogen and oxygen atoms in total. The highest BCUT2D eigenvalue weighted by Gasteiger charge is 2.32. The lowest BCUT2D eigenvalue weighted by Gasteiger charge is -2.40. The molecule has 0 saturated carbocycles. The summed E-state index contributed by atoms with van der Waals surface area (Å²) in [5.74, 6) is 1.42. The second-order valence-electron chi connectivity index (χ2n) is 11.3. The van der Waals surface area contributed by atoms with E-state index < -0.39 is 0 Å². The SMILES string of the molecule is Cc1cccc(N2CCN(C(=O)[C@@H]3CCCN(Cc4nc5ccccc5n4Cc4ccc(Cl)cc4)C3)CC2)c1C. The number of piperazine rings is 1. The number of nitrogens with zero attached hydrogens (tertiary/aromatic N) is 5. The van der Waals surface area contributed by atoms with Gasteiger partial charge in [-0.15, -0.1) is 0 Å². The van der Waals surface area contributed by atoms with Crippen LogP contribution in [0.5, 0.6) is 0 Å². The highest BCUT2D eigenvalue weighted by atomic mass is 35.5. The van der Waals surface area contributed by atoms with E-state index in [1.54, 1.807) is 0 Å². The van der Waals surface area contributed by atoms with E-state index in [1.807, 2.05) is 18.2 Å². The summed E-state index contributed by atoms with van der Waals surface area (Å²) < 4.78 is 2.32. The number of benzene rings is 3. The molecule has 3 aromatic carbocycles. The Morgan fingerprint density at radius 3 is 2.48 bits per heavy atom. The molecular formula is C33H38ClN5O. The van der Waals surface area contributed by atoms with Crippen molar-refractivity contribution < 1.29 is 4.79 Å². The Balaban J connectivity index is 1.12. The van der Waals surface area contributed by atoms with E-state index >= 15 is 0 Å². The van der Waals surface area contributed by atoms with Gasteiger partial charge in [0, 0.05) is 50.0 Å². The lowest BCUT2D eigenvalue weighted by Crippen LogP contribution is -2.52. The molecule has 0 radical (unpaired) electrons. The van der Waals surface area contributed by atoms with Crippen molar-refractivity contribution >= 4 is 34.2 Å². The predicted molar refractivity (Wildman–Crippen MR) is 163 cm³/mol. The van der Waals surface area contributed by atoms with Gasteiger partial charge in [-0.2, -0.15) is 0 Å². The van der Waals surface area contributed by atoms with Crippen LogP contribution < -0.4 is 4.90 Å². The Kier molecular flexibility index (Phi) is 7.81. The summed E-state index contributed by atoms with van der Waals surface area (Å²) >= 11 is 6.13. The zero-order valence-electron chi connectivity index (χ0n) is 23.5. The smallest absolute Gasteiger partial charge is 0.227 e. The van der Waals surface area contributed by atoms with Gasteiger partial charge in [-0.3, -0.25) is 9.69 Å². The van der Waals surface area contributed by atoms with Gasteiger partial charge in [-0.25, -0.2) is 4.98 Å². The zero-order valence-corrected chi connectivity index (χ0v) is 24.3. The monoisotopic (exact) mass is 555 g/mol. The molecule has 3 heterocycles. The molecular weight excluding hydrogens is 518 g/mol. The van der Waals surface area contributed by atoms with Gasteiger partial charge < -0.3 is 14.4 Å². The third kappa shape index (κ3) is 5.61. The molecule has 7 heteroatoms. The van der Waals surface area contributed by atoms with Crippen LogP contribution in [-0.2, 0) is 17.9 Å². The van der Waals surface area contributed by atoms with Gasteiger partial charge in [-0.05, 0) is 80.3 Å². The number of rotatable bonds is 6. The molecule has 4 aromatic rings. The van der Waals surface area contributed by atoms with Gasteiger partial charge in [0.25, 0.3) is 0 Å². The summed E-state index contributed by atoms with van der Waals surface area (Å²) in [6.07, 6.45) is 2.00. The number of halogens is 1. The summed E-state index contributed by atoms with van der Waals surface area (Å²) in [6.45, 7) is 11.0. The quantitative estimate of drug-likeness (QED) is 0.296. The number of aryl methyl sites for hydroxylation is 1. The van der Waals surface area contributed by atoms with Crippen LogP contribution in [0.15, 0.2) is 66.7 Å². The van der Waals surface area contributed by atoms with E-state index in [-0.39, 0.29) is 5.92 Å². The van der Waals surface area contributed by atoms with Crippen LogP contribution in [0.25, 0.3) is 11.0 Å². The molecule has 1 aromatic heterocycles. The van der Waals surface area contributed by atoms with E-state index in [9.17, 15) is 4.79 Å². The van der Waals surface area contributed by atoms with Crippen LogP contribution in [0, 0.1) is 19.8 Å². The number of carbonyl (C=O) groups excluding carboxylic acids is 1. The van der Waals surface area contributed by atoms with Crippen molar-refractivity contribution in [2.75, 3.05) is 44.2 Å². The maximum atomic E-state index is 13.6. The van der Waals surface area contributed by atoms with Crippen molar-refractivity contribution in [2.45, 2.75) is 39.8 Å². The van der Waals surface area contributed by atoms with Gasteiger partial charge in [0.15, 0.2) is 0 Å². The van der Waals surface area contributed by atoms with Crippen LogP contribution in [0.1, 0.15) is 35.4 Å². The number of carbonyl (C=O) groups is 1. The fourth-order valence-corrected chi connectivity index (χ4v) is 6.43. The maximum Gasteiger partial charge on any atom is 0.227 e. The third-order valence-corrected chi connectivity index (χ3v) is 8.97. The van der Waals surface area contributed by atoms with Gasteiger partial charge in [0.05, 0.1) is 23.5 Å². The van der Waals surface area contributed by atoms with Crippen LogP contribution >= 0.6 is 11.6 Å². The lowest BCUT2D eigenvalue weighted by atomic mass is 9.96. The highest BCUT2D eigenvalue weighted by Crippen LogP contribution is 2.27. The minimum absolute atomic E-state index is 0.0510. The molecule has 2 saturated heterocycles. The molecule has 40 heavy (non-hydrogen) atoms. The number of piperidine rings is 1. The molecule has 2 aliphatic rings. The maximum absolute atomic E-state index is 13.6. The normalized spacial score (nSPS) is 18.4. The molecule has 0 unspecified atom stereocenters. The number of likely N-dealkylation sites (tertiary alicyclic amines) is 1. The molecule has 0 aliphatic carbocycles. The lowest BCUT2D eigenvalue weighted by molar-refractivity contribution is -0.137. The van der Waals surface area contributed by atoms with Crippen molar-refractivity contribution in [2.24, 2.45) is 5.92 Å². The second kappa shape index (κ2) is 11.6. The molecule has 0 N–H and O–H groups in total. The molecule has 1 amide bonds. The fourth-order valence-electron chi connectivity index (χ4n) is 6.30. The van der Waals surface area contributed by atoms with Crippen molar-refractivity contribution in [3.8, 4) is 0 Å². The Labute approximate surface area is 242 Å². The van der Waals surface area contributed by atoms with Gasteiger partial charge in [-0.1, -0.05) is 48.0 Å². The predicted octanol–water partition coefficient (Wildman–Crippen LogP) is 5.92. The fraction of sp³-hybridized carbons (Fsp3) is 0.394. The standard InChI is InChI=1S/C33H38ClN5O/c1-24-7-5-11-30(25(24)2)37-17-19-38(20-18-37)33(40)27-8-6-16-36(22-27)23-32-35-29-9-3-4-10-31(29)39(32)21-26-12-14-28(34)15-13-26/h3-5,7,9-15,27H,6,8,16-23H2,1-2H3/t27-/m1/s1. The summed E-state index contributed by atoms with van der Waals surface area (Å²) in [5, 5.41) is 0.746. The van der Waals surface area contributed by atoms with Crippen molar-refractivity contribution in [3.05, 3.63) is 94.3 Å². The second-order valence-corrected chi connectivity index (χ2v) is 11.8. The van der Waals surface area contributed by atoms with Crippen molar-refractivity contribution in [1.29, 1.82) is 0 Å². The number of imidazole rings is 1. The first kappa shape index (κ1) is 26.9. The summed E-state index contributed by atoms with van der Waals surface area (Å²) in [6, 6.07) is 22.9. The molecule has 2 aliphatic heterocycles. The largest absolute Gasteiger partial charge is 0.368 e. The molecule has 6 rings (SSSR count). The molecule has 0 bridgehead atoms. The van der Waals surface area contributed by atoms with Crippen molar-refractivity contribution in [1.82, 2.24) is 19.4 Å². The topological polar surface area (TPSA) is 44.6 Å². The number of amides is 1. The first-order valence-corrected chi connectivity index (χ1v) is 14.8. The van der Waals surface area contributed by atoms with E-state index in [0.717, 1.165) is 87.1 Å². The average Bonchev–Trinajstić information content (AvgIpc) is 3.32. The number of anilines is 1. The molecule has 1 atom stereocenters. The Bertz CT molecular complexity index is 1490. The summed E-state index contributed by atoms with van der Waals surface area (Å²) in [4.78, 5) is 25.6. The average molecular weight is 556 g/mol. The number of hydrogen-bond donors (Lipinski definition) is 0. The van der Waals surface area contributed by atoms with E-state index in [2.05, 4.69) is 81.6 Å². The van der Waals surface area contributed by atoms with Crippen LogP contribution in [-0.4, -0.2) is 64.5 Å². The highest BCUT2D eigenvalue weighted by molar-refractivity contribution is 6.30. The molecule has 0 spiro atoms. The van der Waals surface area contributed by atoms with Gasteiger partial charge in [0.1, 0.15) is 5.82 Å². The van der Waals surface area contributed by atoms with E-state index in [1.165, 1.54) is 22.4 Å². The molecule has 2 fully saturated rings. The Morgan fingerprint density at radius 1 is 0.900 bits per heavy atom. The van der Waals surface area contributed by atoms with E-state index in [4.69, 9.17) is 16.6 Å². The number of aromatic nitrogens is 2. The first-order chi connectivity index (χ1) is 19.5. The number of fused-ring (bicyclic) bond motifs is 1. The minimum Gasteiger partial charge on any atom is -0.368 e. The summed E-state index contributed by atoms with van der Waals surface area (Å²) in [5.41, 5.74) is 7.31. The van der Waals surface area contributed by atoms with Crippen molar-refractivity contribution in [3.63, 3.8) is 0 Å².